The third kappa shape index (κ3) is 4.40. The van der Waals surface area contributed by atoms with Crippen LogP contribution in [-0.4, -0.2) is 11.2 Å². The highest BCUT2D eigenvalue weighted by Crippen LogP contribution is 2.26. The first-order valence-corrected chi connectivity index (χ1v) is 7.96. The van der Waals surface area contributed by atoms with E-state index in [2.05, 4.69) is 5.32 Å². The van der Waals surface area contributed by atoms with Crippen molar-refractivity contribution in [1.82, 2.24) is 0 Å². The van der Waals surface area contributed by atoms with E-state index in [1.54, 1.807) is 36.4 Å². The number of carbonyl (C=O) groups excluding carboxylic acids is 1. The van der Waals surface area contributed by atoms with Gasteiger partial charge in [-0.15, -0.1) is 0 Å². The number of carbonyl (C=O) groups is 1. The maximum absolute atomic E-state index is 11.9. The summed E-state index contributed by atoms with van der Waals surface area (Å²) < 4.78 is 5.17. The number of phenolic OH excluding ortho intramolecular Hbond substituents is 1. The second kappa shape index (κ2) is 7.86. The fourth-order valence-corrected chi connectivity index (χ4v) is 2.47. The number of nitrogens with one attached hydrogen (secondary N) is 1. The van der Waals surface area contributed by atoms with E-state index in [1.165, 1.54) is 6.07 Å². The highest BCUT2D eigenvalue weighted by atomic mass is 16.5. The van der Waals surface area contributed by atoms with Crippen LogP contribution in [0.4, 0.5) is 10.5 Å². The number of hydrogen-bond acceptors (Lipinski definition) is 4. The number of ether oxygens (including phenoxy) is 1. The third-order valence-electron chi connectivity index (χ3n) is 3.72. The minimum atomic E-state index is -0.536. The second-order valence-electron chi connectivity index (χ2n) is 5.64. The number of hydrogen-bond donors (Lipinski definition) is 2. The summed E-state index contributed by atoms with van der Waals surface area (Å²) in [4.78, 5) is 11.9. The van der Waals surface area contributed by atoms with Crippen molar-refractivity contribution >= 4 is 11.8 Å². The number of benzene rings is 3. The van der Waals surface area contributed by atoms with Gasteiger partial charge in [-0.1, -0.05) is 42.5 Å². The van der Waals surface area contributed by atoms with E-state index in [4.69, 9.17) is 10.00 Å². The first-order chi connectivity index (χ1) is 12.6. The van der Waals surface area contributed by atoms with E-state index < -0.39 is 6.09 Å². The smallest absolute Gasteiger partial charge is 0.411 e. The Morgan fingerprint density at radius 2 is 1.73 bits per heavy atom. The van der Waals surface area contributed by atoms with E-state index in [-0.39, 0.29) is 12.4 Å². The lowest BCUT2D eigenvalue weighted by Gasteiger charge is -2.08. The molecule has 3 rings (SSSR count). The van der Waals surface area contributed by atoms with Crippen LogP contribution in [0.2, 0.25) is 0 Å². The lowest BCUT2D eigenvalue weighted by atomic mass is 10.0. The molecular formula is C21H16N2O3. The molecule has 0 aliphatic heterocycles. The molecule has 0 bridgehead atoms. The number of nitriles is 1. The highest BCUT2D eigenvalue weighted by Gasteiger charge is 2.06. The van der Waals surface area contributed by atoms with E-state index in [9.17, 15) is 9.90 Å². The van der Waals surface area contributed by atoms with Gasteiger partial charge < -0.3 is 9.84 Å². The molecule has 128 valence electrons. The Bertz CT molecular complexity index is 945. The van der Waals surface area contributed by atoms with Gasteiger partial charge in [0.2, 0.25) is 0 Å². The lowest BCUT2D eigenvalue weighted by molar-refractivity contribution is 0.155. The molecule has 0 aliphatic carbocycles. The second-order valence-corrected chi connectivity index (χ2v) is 5.64. The molecule has 0 radical (unpaired) electrons. The van der Waals surface area contributed by atoms with Gasteiger partial charge >= 0.3 is 6.09 Å². The third-order valence-corrected chi connectivity index (χ3v) is 3.72. The Hall–Kier alpha value is -3.78. The fourth-order valence-electron chi connectivity index (χ4n) is 2.47. The predicted molar refractivity (Wildman–Crippen MR) is 98.5 cm³/mol. The maximum atomic E-state index is 11.9. The fraction of sp³-hybridized carbons (Fsp3) is 0.0476. The van der Waals surface area contributed by atoms with Gasteiger partial charge in [0.1, 0.15) is 12.4 Å². The van der Waals surface area contributed by atoms with E-state index in [0.717, 1.165) is 16.7 Å². The zero-order valence-electron chi connectivity index (χ0n) is 13.8. The van der Waals surface area contributed by atoms with Crippen molar-refractivity contribution in [1.29, 1.82) is 5.26 Å². The molecule has 0 aliphatic rings. The highest BCUT2D eigenvalue weighted by molar-refractivity contribution is 5.85. The van der Waals surface area contributed by atoms with Crippen molar-refractivity contribution in [2.75, 3.05) is 5.32 Å². The maximum Gasteiger partial charge on any atom is 0.411 e. The van der Waals surface area contributed by atoms with Crippen LogP contribution >= 0.6 is 0 Å². The molecule has 1 amide bonds. The number of anilines is 1. The largest absolute Gasteiger partial charge is 0.508 e. The van der Waals surface area contributed by atoms with Crippen LogP contribution in [0.25, 0.3) is 11.1 Å². The molecule has 0 saturated carbocycles. The topological polar surface area (TPSA) is 82.4 Å². The average Bonchev–Trinajstić information content (AvgIpc) is 2.67. The van der Waals surface area contributed by atoms with Crippen LogP contribution in [0.3, 0.4) is 0 Å². The molecule has 5 nitrogen and oxygen atoms in total. The first-order valence-electron chi connectivity index (χ1n) is 7.96. The van der Waals surface area contributed by atoms with Crippen LogP contribution < -0.4 is 5.32 Å². The summed E-state index contributed by atoms with van der Waals surface area (Å²) in [6.45, 7) is 0.199. The molecular weight excluding hydrogens is 328 g/mol. The van der Waals surface area contributed by atoms with Crippen molar-refractivity contribution in [2.45, 2.75) is 6.61 Å². The zero-order valence-corrected chi connectivity index (χ0v) is 13.8. The SMILES string of the molecule is N#Cc1cc(O)cc(-c2ccc(NC(=O)OCc3ccccc3)cc2)c1. The van der Waals surface area contributed by atoms with E-state index >= 15 is 0 Å². The van der Waals surface area contributed by atoms with Crippen molar-refractivity contribution < 1.29 is 14.6 Å². The van der Waals surface area contributed by atoms with Gasteiger partial charge in [0.25, 0.3) is 0 Å². The van der Waals surface area contributed by atoms with Crippen molar-refractivity contribution in [3.63, 3.8) is 0 Å². The van der Waals surface area contributed by atoms with Crippen molar-refractivity contribution in [2.24, 2.45) is 0 Å². The molecule has 2 N–H and O–H groups in total. The Morgan fingerprint density at radius 3 is 2.42 bits per heavy atom. The molecule has 3 aromatic carbocycles. The lowest BCUT2D eigenvalue weighted by Crippen LogP contribution is -2.13. The van der Waals surface area contributed by atoms with Crippen molar-refractivity contribution in [3.8, 4) is 22.9 Å². The number of amides is 1. The van der Waals surface area contributed by atoms with E-state index in [1.807, 2.05) is 36.4 Å². The zero-order chi connectivity index (χ0) is 18.4. The van der Waals surface area contributed by atoms with Gasteiger partial charge in [-0.05, 0) is 47.0 Å². The number of phenols is 1. The molecule has 5 heteroatoms. The van der Waals surface area contributed by atoms with Crippen LogP contribution in [0.15, 0.2) is 72.8 Å². The van der Waals surface area contributed by atoms with Gasteiger partial charge in [0.15, 0.2) is 0 Å². The van der Waals surface area contributed by atoms with Crippen LogP contribution in [-0.2, 0) is 11.3 Å². The summed E-state index contributed by atoms with van der Waals surface area (Å²) >= 11 is 0. The summed E-state index contributed by atoms with van der Waals surface area (Å²) in [5.41, 5.74) is 3.43. The summed E-state index contributed by atoms with van der Waals surface area (Å²) in [6, 6.07) is 23.2. The normalized spacial score (nSPS) is 9.96. The van der Waals surface area contributed by atoms with Gasteiger partial charge in [-0.3, -0.25) is 5.32 Å². The first kappa shape index (κ1) is 17.1. The molecule has 3 aromatic rings. The Morgan fingerprint density at radius 1 is 1.00 bits per heavy atom. The molecule has 0 atom stereocenters. The summed E-state index contributed by atoms with van der Waals surface area (Å²) in [7, 11) is 0. The Kier molecular flexibility index (Phi) is 5.16. The van der Waals surface area contributed by atoms with Crippen molar-refractivity contribution in [3.05, 3.63) is 83.9 Å². The van der Waals surface area contributed by atoms with E-state index in [0.29, 0.717) is 11.3 Å². The van der Waals surface area contributed by atoms with Gasteiger partial charge in [-0.2, -0.15) is 5.26 Å². The average molecular weight is 344 g/mol. The molecule has 26 heavy (non-hydrogen) atoms. The Labute approximate surface area is 151 Å². The molecule has 0 fully saturated rings. The molecule has 0 saturated heterocycles. The molecule has 0 aromatic heterocycles. The summed E-state index contributed by atoms with van der Waals surface area (Å²) in [5.74, 6) is 0.0331. The predicted octanol–water partition coefficient (Wildman–Crippen LogP) is 4.68. The monoisotopic (exact) mass is 344 g/mol. The molecule has 0 heterocycles. The quantitative estimate of drug-likeness (QED) is 0.720. The minimum Gasteiger partial charge on any atom is -0.508 e. The standard InChI is InChI=1S/C21H16N2O3/c22-13-16-10-18(12-20(24)11-16)17-6-8-19(9-7-17)23-21(25)26-14-15-4-2-1-3-5-15/h1-12,24H,14H2,(H,23,25). The summed E-state index contributed by atoms with van der Waals surface area (Å²) in [5, 5.41) is 21.3. The van der Waals surface area contributed by atoms with Gasteiger partial charge in [-0.25, -0.2) is 4.79 Å². The number of rotatable bonds is 4. The minimum absolute atomic E-state index is 0.0331. The molecule has 0 spiro atoms. The number of nitrogens with zero attached hydrogens (tertiary/aromatic N) is 1. The Balaban J connectivity index is 1.63. The van der Waals surface area contributed by atoms with Crippen LogP contribution in [0.1, 0.15) is 11.1 Å². The van der Waals surface area contributed by atoms with Crippen LogP contribution in [0, 0.1) is 11.3 Å². The van der Waals surface area contributed by atoms with Gasteiger partial charge in [0.05, 0.1) is 11.6 Å². The number of aromatic hydroxyl groups is 1. The molecule has 0 unspecified atom stereocenters. The van der Waals surface area contributed by atoms with Gasteiger partial charge in [0, 0.05) is 5.69 Å². The van der Waals surface area contributed by atoms with Crippen LogP contribution in [0.5, 0.6) is 5.75 Å². The summed E-state index contributed by atoms with van der Waals surface area (Å²) in [6.07, 6.45) is -0.536.